The molecule has 1 heterocycles. The maximum Gasteiger partial charge on any atom is 0.401 e. The van der Waals surface area contributed by atoms with Gasteiger partial charge < -0.3 is 5.11 Å². The third kappa shape index (κ3) is 5.42. The third-order valence-corrected chi connectivity index (χ3v) is 1.08. The summed E-state index contributed by atoms with van der Waals surface area (Å²) in [6, 6.07) is 0. The summed E-state index contributed by atoms with van der Waals surface area (Å²) in [5, 5.41) is 13.8. The Bertz CT molecular complexity index is 214. The van der Waals surface area contributed by atoms with Crippen molar-refractivity contribution >= 4 is 17.0 Å². The first kappa shape index (κ1) is 9.97. The quantitative estimate of drug-likeness (QED) is 0.594. The number of aromatic nitrogens is 2. The second-order valence-electron chi connectivity index (χ2n) is 1.93. The van der Waals surface area contributed by atoms with Gasteiger partial charge in [-0.2, -0.15) is 5.10 Å². The minimum Gasteiger partial charge on any atom is -0.469 e. The Morgan fingerprint density at radius 2 is 2.18 bits per heavy atom. The van der Waals surface area contributed by atoms with Gasteiger partial charge in [-0.1, -0.05) is 0 Å². The van der Waals surface area contributed by atoms with Gasteiger partial charge >= 0.3 is 5.43 Å². The second kappa shape index (κ2) is 4.73. The van der Waals surface area contributed by atoms with Crippen LogP contribution in [0.2, 0.25) is 0 Å². The molecule has 62 valence electrons. The molecule has 2 N–H and O–H groups in total. The molecule has 0 atom stereocenters. The molecular weight excluding hydrogens is 168 g/mol. The lowest BCUT2D eigenvalue weighted by Crippen LogP contribution is -1.70. The average molecular weight is 177 g/mol. The minimum absolute atomic E-state index is 1.15. The molecule has 11 heavy (non-hydrogen) atoms. The predicted octanol–water partition coefficient (Wildman–Crippen LogP) is 1.93. The lowest BCUT2D eigenvalue weighted by atomic mass is 10.3. The van der Waals surface area contributed by atoms with E-state index in [4.69, 9.17) is 9.90 Å². The van der Waals surface area contributed by atoms with Crippen LogP contribution in [-0.4, -0.2) is 20.7 Å². The predicted molar refractivity (Wildman–Crippen MR) is 41.9 cm³/mol. The van der Waals surface area contributed by atoms with Crippen LogP contribution in [0.4, 0.5) is 4.79 Å². The number of aryl methyl sites for hydroxylation is 2. The zero-order chi connectivity index (χ0) is 8.85. The fourth-order valence-corrected chi connectivity index (χ4v) is 0.411. The summed E-state index contributed by atoms with van der Waals surface area (Å²) in [5.74, 6) is 0. The summed E-state index contributed by atoms with van der Waals surface area (Å²) < 4.78 is 0. The van der Waals surface area contributed by atoms with Crippen molar-refractivity contribution in [2.75, 3.05) is 0 Å². The summed E-state index contributed by atoms with van der Waals surface area (Å²) in [7, 11) is 0. The third-order valence-electron chi connectivity index (χ3n) is 1.08. The number of carboxylic acid groups (broad SMARTS) is 1. The molecule has 0 aliphatic heterocycles. The molecule has 0 saturated heterocycles. The van der Waals surface area contributed by atoms with E-state index in [1.807, 2.05) is 20.0 Å². The van der Waals surface area contributed by atoms with Crippen molar-refractivity contribution in [3.63, 3.8) is 0 Å². The van der Waals surface area contributed by atoms with E-state index in [-0.39, 0.29) is 0 Å². The highest BCUT2D eigenvalue weighted by Crippen LogP contribution is 1.96. The molecule has 1 aromatic heterocycles. The monoisotopic (exact) mass is 176 g/mol. The normalized spacial score (nSPS) is 8.27. The van der Waals surface area contributed by atoms with E-state index in [2.05, 4.69) is 21.8 Å². The smallest absolute Gasteiger partial charge is 0.401 e. The molecule has 0 aliphatic carbocycles. The molecule has 0 unspecified atom stereocenters. The average Bonchev–Trinajstić information content (AvgIpc) is 2.15. The van der Waals surface area contributed by atoms with Crippen molar-refractivity contribution in [2.45, 2.75) is 13.8 Å². The van der Waals surface area contributed by atoms with Gasteiger partial charge in [0.15, 0.2) is 0 Å². The Morgan fingerprint density at radius 1 is 1.73 bits per heavy atom. The van der Waals surface area contributed by atoms with Crippen LogP contribution in [-0.2, 0) is 0 Å². The number of H-pyrrole nitrogens is 1. The van der Waals surface area contributed by atoms with Gasteiger partial charge in [0.1, 0.15) is 0 Å². The topological polar surface area (TPSA) is 66.0 Å². The maximum absolute atomic E-state index is 8.77. The molecule has 1 aromatic rings. The Labute approximate surface area is 69.2 Å². The lowest BCUT2D eigenvalue weighted by Gasteiger charge is -1.78. The van der Waals surface area contributed by atoms with Gasteiger partial charge in [0, 0.05) is 17.3 Å². The largest absolute Gasteiger partial charge is 0.469 e. The van der Waals surface area contributed by atoms with Gasteiger partial charge in [0.25, 0.3) is 0 Å². The molecule has 4 nitrogen and oxygen atoms in total. The first-order valence-corrected chi connectivity index (χ1v) is 3.27. The number of hydrogen-bond acceptors (Lipinski definition) is 2. The van der Waals surface area contributed by atoms with Gasteiger partial charge in [-0.25, -0.2) is 4.79 Å². The van der Waals surface area contributed by atoms with Crippen molar-refractivity contribution in [1.29, 1.82) is 0 Å². The Hall–Kier alpha value is -1.03. The number of hydrogen-bond donors (Lipinski definition) is 2. The van der Waals surface area contributed by atoms with Crippen LogP contribution in [0.15, 0.2) is 6.20 Å². The van der Waals surface area contributed by atoms with Gasteiger partial charge in [0.2, 0.25) is 0 Å². The van der Waals surface area contributed by atoms with Crippen molar-refractivity contribution < 1.29 is 9.90 Å². The summed E-state index contributed by atoms with van der Waals surface area (Å²) in [6.07, 6.45) is 1.81. The molecule has 0 bridgehead atoms. The van der Waals surface area contributed by atoms with Crippen LogP contribution in [0.5, 0.6) is 0 Å². The van der Waals surface area contributed by atoms with Gasteiger partial charge in [-0.15, -0.1) is 0 Å². The maximum atomic E-state index is 8.77. The SMILES string of the molecule is Cc1cn[nH]c1C.O=C(O)Cl. The van der Waals surface area contributed by atoms with E-state index >= 15 is 0 Å². The Kier molecular flexibility index (Phi) is 4.29. The zero-order valence-electron chi connectivity index (χ0n) is 6.26. The number of carbonyl (C=O) groups is 1. The fourth-order valence-electron chi connectivity index (χ4n) is 0.411. The van der Waals surface area contributed by atoms with E-state index in [9.17, 15) is 0 Å². The lowest BCUT2D eigenvalue weighted by molar-refractivity contribution is 0.220. The number of nitrogens with zero attached hydrogens (tertiary/aromatic N) is 1. The summed E-state index contributed by atoms with van der Waals surface area (Å²) in [5.41, 5.74) is 1.01. The fraction of sp³-hybridized carbons (Fsp3) is 0.333. The first-order valence-electron chi connectivity index (χ1n) is 2.89. The van der Waals surface area contributed by atoms with E-state index in [0.29, 0.717) is 0 Å². The highest BCUT2D eigenvalue weighted by Gasteiger charge is 1.87. The van der Waals surface area contributed by atoms with Gasteiger partial charge in [-0.3, -0.25) is 5.10 Å². The zero-order valence-corrected chi connectivity index (χ0v) is 7.01. The molecule has 0 radical (unpaired) electrons. The minimum atomic E-state index is -1.36. The van der Waals surface area contributed by atoms with Crippen molar-refractivity contribution in [3.05, 3.63) is 17.5 Å². The molecular formula is C6H9ClN2O2. The van der Waals surface area contributed by atoms with Gasteiger partial charge in [-0.05, 0) is 19.4 Å². The molecule has 0 spiro atoms. The summed E-state index contributed by atoms with van der Waals surface area (Å²) >= 11 is 4.19. The van der Waals surface area contributed by atoms with Crippen molar-refractivity contribution in [1.82, 2.24) is 10.2 Å². The van der Waals surface area contributed by atoms with Crippen LogP contribution >= 0.6 is 11.6 Å². The molecule has 0 fully saturated rings. The molecule has 0 amide bonds. The highest BCUT2D eigenvalue weighted by molar-refractivity contribution is 6.60. The molecule has 0 aliphatic rings. The van der Waals surface area contributed by atoms with E-state index in [0.717, 1.165) is 5.69 Å². The van der Waals surface area contributed by atoms with Crippen molar-refractivity contribution in [3.8, 4) is 0 Å². The molecule has 5 heteroatoms. The first-order chi connectivity index (χ1) is 5.04. The number of aromatic amines is 1. The van der Waals surface area contributed by atoms with Crippen LogP contribution in [0, 0.1) is 13.8 Å². The summed E-state index contributed by atoms with van der Waals surface area (Å²) in [6.45, 7) is 4.03. The van der Waals surface area contributed by atoms with Crippen LogP contribution in [0.25, 0.3) is 0 Å². The highest BCUT2D eigenvalue weighted by atomic mass is 35.5. The van der Waals surface area contributed by atoms with Gasteiger partial charge in [0.05, 0.1) is 6.20 Å². The summed E-state index contributed by atoms with van der Waals surface area (Å²) in [4.78, 5) is 8.77. The molecule has 0 aromatic carbocycles. The van der Waals surface area contributed by atoms with E-state index < -0.39 is 5.43 Å². The number of halogens is 1. The Balaban J connectivity index is 0.000000218. The molecule has 0 saturated carbocycles. The standard InChI is InChI=1S/C5H8N2.CHClO2/c1-4-3-6-7-5(4)2;2-1(3)4/h3H,1-2H3,(H,6,7);(H,3,4). The van der Waals surface area contributed by atoms with Crippen LogP contribution in [0.3, 0.4) is 0 Å². The number of nitrogens with one attached hydrogen (secondary N) is 1. The van der Waals surface area contributed by atoms with E-state index in [1.165, 1.54) is 5.56 Å². The number of rotatable bonds is 0. The molecule has 1 rings (SSSR count). The van der Waals surface area contributed by atoms with Crippen LogP contribution < -0.4 is 0 Å². The Morgan fingerprint density at radius 3 is 2.27 bits per heavy atom. The van der Waals surface area contributed by atoms with Crippen LogP contribution in [0.1, 0.15) is 11.3 Å². The second-order valence-corrected chi connectivity index (χ2v) is 2.25. The van der Waals surface area contributed by atoms with Crippen molar-refractivity contribution in [2.24, 2.45) is 0 Å². The van der Waals surface area contributed by atoms with E-state index in [1.54, 1.807) is 0 Å².